The molecule has 0 radical (unpaired) electrons. The molecule has 110 valence electrons. The van der Waals surface area contributed by atoms with Crippen molar-refractivity contribution >= 4 is 0 Å². The number of aromatic amines is 1. The molecule has 0 aliphatic carbocycles. The zero-order chi connectivity index (χ0) is 15.1. The monoisotopic (exact) mass is 297 g/mol. The summed E-state index contributed by atoms with van der Waals surface area (Å²) in [4.78, 5) is 12.1. The van der Waals surface area contributed by atoms with Gasteiger partial charge in [0.1, 0.15) is 5.75 Å². The maximum Gasteiger partial charge on any atom is 0.348 e. The van der Waals surface area contributed by atoms with Crippen molar-refractivity contribution in [3.8, 4) is 34.3 Å². The summed E-state index contributed by atoms with van der Waals surface area (Å²) in [7, 11) is 0. The Morgan fingerprint density at radius 3 is 2.68 bits per heavy atom. The molecule has 0 saturated carbocycles. The summed E-state index contributed by atoms with van der Waals surface area (Å²) in [5, 5.41) is 15.9. The number of benzene rings is 2. The Bertz CT molecular complexity index is 896. The fourth-order valence-corrected chi connectivity index (χ4v) is 2.36. The summed E-state index contributed by atoms with van der Waals surface area (Å²) in [6, 6.07) is 11.7. The third kappa shape index (κ3) is 1.91. The topological polar surface area (TPSA) is 89.4 Å². The van der Waals surface area contributed by atoms with E-state index in [0.717, 1.165) is 0 Å². The van der Waals surface area contributed by atoms with Crippen molar-refractivity contribution in [3.63, 3.8) is 0 Å². The second kappa shape index (κ2) is 4.66. The minimum Gasteiger partial charge on any atom is -0.508 e. The van der Waals surface area contributed by atoms with Gasteiger partial charge in [-0.15, -0.1) is 0 Å². The van der Waals surface area contributed by atoms with E-state index in [0.29, 0.717) is 28.6 Å². The van der Waals surface area contributed by atoms with Crippen molar-refractivity contribution in [3.05, 3.63) is 52.9 Å². The Morgan fingerprint density at radius 2 is 1.86 bits per heavy atom. The average Bonchev–Trinajstić information content (AvgIpc) is 3.13. The second-order valence-electron chi connectivity index (χ2n) is 4.77. The standard InChI is InChI=1S/C15H11N3O4/c19-11-4-1-9(2-5-11)14-16-17-15(20)18(14)10-3-6-12-13(7-10)22-8-21-12/h1-7,19H,8H2,(H,17,20). The fourth-order valence-electron chi connectivity index (χ4n) is 2.36. The lowest BCUT2D eigenvalue weighted by atomic mass is 10.2. The fraction of sp³-hybridized carbons (Fsp3) is 0.0667. The van der Waals surface area contributed by atoms with E-state index >= 15 is 0 Å². The van der Waals surface area contributed by atoms with Crippen LogP contribution in [0.15, 0.2) is 47.3 Å². The van der Waals surface area contributed by atoms with E-state index < -0.39 is 0 Å². The van der Waals surface area contributed by atoms with Gasteiger partial charge in [-0.2, -0.15) is 5.10 Å². The van der Waals surface area contributed by atoms with E-state index in [1.807, 2.05) is 0 Å². The number of fused-ring (bicyclic) bond motifs is 1. The van der Waals surface area contributed by atoms with Gasteiger partial charge in [0.2, 0.25) is 6.79 Å². The Morgan fingerprint density at radius 1 is 1.09 bits per heavy atom. The quantitative estimate of drug-likeness (QED) is 0.751. The maximum atomic E-state index is 12.1. The molecule has 1 aliphatic rings. The molecule has 0 atom stereocenters. The van der Waals surface area contributed by atoms with Crippen LogP contribution in [0.4, 0.5) is 0 Å². The molecule has 3 aromatic rings. The van der Waals surface area contributed by atoms with Crippen molar-refractivity contribution in [1.82, 2.24) is 14.8 Å². The van der Waals surface area contributed by atoms with E-state index in [1.54, 1.807) is 42.5 Å². The number of H-pyrrole nitrogens is 1. The number of ether oxygens (including phenoxy) is 2. The smallest absolute Gasteiger partial charge is 0.348 e. The van der Waals surface area contributed by atoms with Gasteiger partial charge in [0, 0.05) is 11.6 Å². The number of hydrogen-bond donors (Lipinski definition) is 2. The molecule has 0 spiro atoms. The zero-order valence-corrected chi connectivity index (χ0v) is 11.3. The highest BCUT2D eigenvalue weighted by atomic mass is 16.7. The number of phenols is 1. The van der Waals surface area contributed by atoms with Crippen LogP contribution in [-0.4, -0.2) is 26.7 Å². The summed E-state index contributed by atoms with van der Waals surface area (Å²) >= 11 is 0. The van der Waals surface area contributed by atoms with Crippen molar-refractivity contribution in [2.75, 3.05) is 6.79 Å². The highest BCUT2D eigenvalue weighted by Gasteiger charge is 2.17. The van der Waals surface area contributed by atoms with Crippen LogP contribution in [0.5, 0.6) is 17.2 Å². The van der Waals surface area contributed by atoms with Crippen LogP contribution in [0.1, 0.15) is 0 Å². The summed E-state index contributed by atoms with van der Waals surface area (Å²) in [5.74, 6) is 1.83. The molecule has 1 aromatic heterocycles. The summed E-state index contributed by atoms with van der Waals surface area (Å²) in [6.07, 6.45) is 0. The molecule has 7 nitrogen and oxygen atoms in total. The van der Waals surface area contributed by atoms with Crippen LogP contribution >= 0.6 is 0 Å². The Hall–Kier alpha value is -3.22. The molecule has 0 amide bonds. The molecule has 0 bridgehead atoms. The number of nitrogens with zero attached hydrogens (tertiary/aromatic N) is 2. The third-order valence-electron chi connectivity index (χ3n) is 3.41. The molecule has 4 rings (SSSR count). The van der Waals surface area contributed by atoms with Crippen LogP contribution in [0, 0.1) is 0 Å². The molecule has 0 unspecified atom stereocenters. The lowest BCUT2D eigenvalue weighted by Gasteiger charge is -2.07. The van der Waals surface area contributed by atoms with Gasteiger partial charge in [-0.3, -0.25) is 0 Å². The lowest BCUT2D eigenvalue weighted by molar-refractivity contribution is 0.174. The molecular weight excluding hydrogens is 286 g/mol. The minimum absolute atomic E-state index is 0.149. The normalized spacial score (nSPS) is 12.5. The van der Waals surface area contributed by atoms with Gasteiger partial charge in [-0.25, -0.2) is 14.5 Å². The molecule has 0 fully saturated rings. The largest absolute Gasteiger partial charge is 0.508 e. The molecule has 0 saturated heterocycles. The number of aromatic nitrogens is 3. The van der Waals surface area contributed by atoms with E-state index in [-0.39, 0.29) is 18.2 Å². The Labute approximate surface area is 124 Å². The van der Waals surface area contributed by atoms with Gasteiger partial charge >= 0.3 is 5.69 Å². The van der Waals surface area contributed by atoms with E-state index in [1.165, 1.54) is 4.57 Å². The number of hydrogen-bond acceptors (Lipinski definition) is 5. The van der Waals surface area contributed by atoms with Crippen LogP contribution in [0.2, 0.25) is 0 Å². The van der Waals surface area contributed by atoms with Gasteiger partial charge in [0.25, 0.3) is 0 Å². The zero-order valence-electron chi connectivity index (χ0n) is 11.3. The van der Waals surface area contributed by atoms with Crippen LogP contribution in [0.25, 0.3) is 17.1 Å². The van der Waals surface area contributed by atoms with E-state index in [2.05, 4.69) is 10.2 Å². The lowest BCUT2D eigenvalue weighted by Crippen LogP contribution is -2.15. The van der Waals surface area contributed by atoms with Crippen LogP contribution in [0.3, 0.4) is 0 Å². The number of aromatic hydroxyl groups is 1. The predicted octanol–water partition coefficient (Wildman–Crippen LogP) is 1.66. The second-order valence-corrected chi connectivity index (χ2v) is 4.77. The SMILES string of the molecule is O=c1[nH]nc(-c2ccc(O)cc2)n1-c1ccc2c(c1)OCO2. The van der Waals surface area contributed by atoms with Crippen molar-refractivity contribution in [2.24, 2.45) is 0 Å². The highest BCUT2D eigenvalue weighted by molar-refractivity contribution is 5.60. The first-order valence-electron chi connectivity index (χ1n) is 6.59. The van der Waals surface area contributed by atoms with E-state index in [9.17, 15) is 9.90 Å². The molecule has 2 heterocycles. The van der Waals surface area contributed by atoms with Gasteiger partial charge in [0.05, 0.1) is 5.69 Å². The van der Waals surface area contributed by atoms with E-state index in [4.69, 9.17) is 9.47 Å². The Balaban J connectivity index is 1.87. The van der Waals surface area contributed by atoms with Crippen molar-refractivity contribution in [2.45, 2.75) is 0 Å². The van der Waals surface area contributed by atoms with Crippen LogP contribution in [-0.2, 0) is 0 Å². The first-order valence-corrected chi connectivity index (χ1v) is 6.59. The molecular formula is C15H11N3O4. The van der Waals surface area contributed by atoms with Crippen molar-refractivity contribution < 1.29 is 14.6 Å². The third-order valence-corrected chi connectivity index (χ3v) is 3.41. The predicted molar refractivity (Wildman–Crippen MR) is 77.4 cm³/mol. The summed E-state index contributed by atoms with van der Waals surface area (Å²) in [6.45, 7) is 0.171. The van der Waals surface area contributed by atoms with Crippen molar-refractivity contribution in [1.29, 1.82) is 0 Å². The molecule has 1 aliphatic heterocycles. The van der Waals surface area contributed by atoms with Gasteiger partial charge in [-0.1, -0.05) is 0 Å². The van der Waals surface area contributed by atoms with Gasteiger partial charge in [0.15, 0.2) is 17.3 Å². The maximum absolute atomic E-state index is 12.1. The minimum atomic E-state index is -0.359. The molecule has 22 heavy (non-hydrogen) atoms. The van der Waals surface area contributed by atoms with Gasteiger partial charge in [-0.05, 0) is 36.4 Å². The summed E-state index contributed by atoms with van der Waals surface area (Å²) in [5.41, 5.74) is 0.960. The first kappa shape index (κ1) is 12.5. The van der Waals surface area contributed by atoms with Crippen LogP contribution < -0.4 is 15.2 Å². The average molecular weight is 297 g/mol. The number of phenolic OH excluding ortho intramolecular Hbond substituents is 1. The molecule has 7 heteroatoms. The molecule has 2 aromatic carbocycles. The van der Waals surface area contributed by atoms with Gasteiger partial charge < -0.3 is 14.6 Å². The molecule has 2 N–H and O–H groups in total. The number of rotatable bonds is 2. The summed E-state index contributed by atoms with van der Waals surface area (Å²) < 4.78 is 12.0. The number of nitrogens with one attached hydrogen (secondary N) is 1. The highest BCUT2D eigenvalue weighted by Crippen LogP contribution is 2.34. The first-order chi connectivity index (χ1) is 10.7. The Kier molecular flexibility index (Phi) is 2.65.